The van der Waals surface area contributed by atoms with Gasteiger partial charge < -0.3 is 25.2 Å². The predicted molar refractivity (Wildman–Crippen MR) is 130 cm³/mol. The minimum absolute atomic E-state index is 0.0554. The second-order valence-corrected chi connectivity index (χ2v) is 9.83. The van der Waals surface area contributed by atoms with E-state index in [1.165, 1.54) is 10.8 Å². The number of hydrogen-bond acceptors (Lipinski definition) is 7. The Morgan fingerprint density at radius 2 is 1.94 bits per heavy atom. The van der Waals surface area contributed by atoms with E-state index in [1.807, 2.05) is 0 Å². The number of carbonyl (C=O) groups is 1. The number of nitrogens with one attached hydrogen (secondary N) is 1. The van der Waals surface area contributed by atoms with E-state index >= 15 is 0 Å². The number of nitrogens with zero attached hydrogens (tertiary/aromatic N) is 2. The van der Waals surface area contributed by atoms with Crippen molar-refractivity contribution >= 4 is 5.91 Å². The molecule has 4 rings (SSSR count). The van der Waals surface area contributed by atoms with Crippen molar-refractivity contribution in [3.63, 3.8) is 0 Å². The van der Waals surface area contributed by atoms with Crippen molar-refractivity contribution in [1.29, 1.82) is 0 Å². The van der Waals surface area contributed by atoms with Crippen LogP contribution < -0.4 is 21.7 Å². The first kappa shape index (κ1) is 25.2. The number of piperidine rings is 1. The largest absolute Gasteiger partial charge is 0.494 e. The molecule has 35 heavy (non-hydrogen) atoms. The Bertz CT molecular complexity index is 1160. The molecule has 2 atom stereocenters. The van der Waals surface area contributed by atoms with E-state index in [9.17, 15) is 19.5 Å². The van der Waals surface area contributed by atoms with Gasteiger partial charge in [-0.3, -0.25) is 19.1 Å². The Hall–Kier alpha value is -2.95. The summed E-state index contributed by atoms with van der Waals surface area (Å²) >= 11 is 0. The monoisotopic (exact) mass is 486 g/mol. The average Bonchev–Trinajstić information content (AvgIpc) is 2.84. The lowest BCUT2D eigenvalue weighted by molar-refractivity contribution is -0.199. The first-order chi connectivity index (χ1) is 16.6. The lowest BCUT2D eigenvalue weighted by Gasteiger charge is -2.51. The number of aromatic nitrogens is 2. The molecule has 2 saturated heterocycles. The molecule has 2 fully saturated rings. The Balaban J connectivity index is 1.43. The van der Waals surface area contributed by atoms with Crippen molar-refractivity contribution in [2.24, 2.45) is 5.73 Å². The van der Waals surface area contributed by atoms with Gasteiger partial charge in [0, 0.05) is 36.8 Å². The van der Waals surface area contributed by atoms with Gasteiger partial charge in [-0.2, -0.15) is 0 Å². The van der Waals surface area contributed by atoms with Crippen LogP contribution in [-0.2, 0) is 4.74 Å². The minimum atomic E-state index is -1.28. The summed E-state index contributed by atoms with van der Waals surface area (Å²) in [7, 11) is 0. The van der Waals surface area contributed by atoms with Crippen LogP contribution >= 0.6 is 0 Å². The van der Waals surface area contributed by atoms with E-state index in [0.29, 0.717) is 62.4 Å². The lowest BCUT2D eigenvalue weighted by atomic mass is 9.77. The summed E-state index contributed by atoms with van der Waals surface area (Å²) in [6.45, 7) is 5.43. The van der Waals surface area contributed by atoms with Gasteiger partial charge in [0.15, 0.2) is 0 Å². The molecule has 190 valence electrons. The molecule has 0 unspecified atom stereocenters. The number of aryl methyl sites for hydroxylation is 1. The number of aromatic amines is 1. The van der Waals surface area contributed by atoms with Crippen molar-refractivity contribution in [1.82, 2.24) is 14.5 Å². The summed E-state index contributed by atoms with van der Waals surface area (Å²) in [6.07, 6.45) is 3.85. The van der Waals surface area contributed by atoms with Crippen LogP contribution in [0.25, 0.3) is 0 Å². The molecule has 1 amide bonds. The SMILES string of the molecule is Cc1cn([C@H]2CC3(CCN(C(=O)c4ccc(OCCCN)cc4)CC3)OC[C@]2(C)O)c(=O)[nH]c1=O. The molecule has 1 aromatic carbocycles. The van der Waals surface area contributed by atoms with Crippen molar-refractivity contribution in [3.8, 4) is 5.75 Å². The smallest absolute Gasteiger partial charge is 0.328 e. The van der Waals surface area contributed by atoms with Crippen LogP contribution in [0.3, 0.4) is 0 Å². The number of hydrogen-bond donors (Lipinski definition) is 3. The zero-order valence-electron chi connectivity index (χ0n) is 20.3. The van der Waals surface area contributed by atoms with Gasteiger partial charge in [0.05, 0.1) is 24.9 Å². The number of likely N-dealkylation sites (tertiary alicyclic amines) is 1. The van der Waals surface area contributed by atoms with E-state index in [-0.39, 0.29) is 12.5 Å². The zero-order chi connectivity index (χ0) is 25.2. The highest BCUT2D eigenvalue weighted by molar-refractivity contribution is 5.94. The van der Waals surface area contributed by atoms with E-state index in [0.717, 1.165) is 6.42 Å². The van der Waals surface area contributed by atoms with Gasteiger partial charge in [0.2, 0.25) is 0 Å². The highest BCUT2D eigenvalue weighted by atomic mass is 16.5. The summed E-state index contributed by atoms with van der Waals surface area (Å²) in [5.41, 5.74) is 3.65. The number of amides is 1. The third-order valence-corrected chi connectivity index (χ3v) is 7.12. The van der Waals surface area contributed by atoms with Crippen molar-refractivity contribution in [2.45, 2.75) is 56.8 Å². The molecule has 1 aromatic heterocycles. The molecule has 4 N–H and O–H groups in total. The molecular weight excluding hydrogens is 452 g/mol. The third-order valence-electron chi connectivity index (χ3n) is 7.12. The van der Waals surface area contributed by atoms with Crippen LogP contribution in [0.1, 0.15) is 54.6 Å². The second-order valence-electron chi connectivity index (χ2n) is 9.83. The summed E-state index contributed by atoms with van der Waals surface area (Å²) in [5.74, 6) is 0.647. The molecule has 2 aliphatic rings. The summed E-state index contributed by atoms with van der Waals surface area (Å²) < 4.78 is 13.2. The molecule has 0 aliphatic carbocycles. The minimum Gasteiger partial charge on any atom is -0.494 e. The van der Waals surface area contributed by atoms with Crippen LogP contribution in [0.5, 0.6) is 5.75 Å². The number of ether oxygens (including phenoxy) is 2. The number of benzene rings is 1. The predicted octanol–water partition coefficient (Wildman–Crippen LogP) is 0.960. The van der Waals surface area contributed by atoms with Gasteiger partial charge in [-0.25, -0.2) is 4.79 Å². The molecule has 0 saturated carbocycles. The zero-order valence-corrected chi connectivity index (χ0v) is 20.3. The quantitative estimate of drug-likeness (QED) is 0.517. The molecule has 1 spiro atoms. The highest BCUT2D eigenvalue weighted by Gasteiger charge is 2.49. The van der Waals surface area contributed by atoms with Crippen LogP contribution in [0.15, 0.2) is 40.1 Å². The molecule has 10 heteroatoms. The van der Waals surface area contributed by atoms with Gasteiger partial charge in [-0.15, -0.1) is 0 Å². The number of H-pyrrole nitrogens is 1. The average molecular weight is 487 g/mol. The van der Waals surface area contributed by atoms with Crippen molar-refractivity contribution < 1.29 is 19.4 Å². The normalized spacial score (nSPS) is 23.9. The van der Waals surface area contributed by atoms with Gasteiger partial charge in [0.1, 0.15) is 11.4 Å². The highest BCUT2D eigenvalue weighted by Crippen LogP contribution is 2.43. The van der Waals surface area contributed by atoms with E-state index in [4.69, 9.17) is 15.2 Å². The standard InChI is InChI=1S/C25H34N4O6/c1-17-15-29(23(32)27-21(17)30)20-14-25(35-16-24(20,2)33)8-11-28(12-9-25)22(31)18-4-6-19(7-5-18)34-13-3-10-26/h4-7,15,20,33H,3,8-14,16,26H2,1-2H3,(H,27,30,32)/t20-,24-/m0/s1. The Kier molecular flexibility index (Phi) is 7.16. The van der Waals surface area contributed by atoms with Crippen LogP contribution in [0.2, 0.25) is 0 Å². The summed E-state index contributed by atoms with van der Waals surface area (Å²) in [4.78, 5) is 41.5. The third kappa shape index (κ3) is 5.34. The lowest BCUT2D eigenvalue weighted by Crippen LogP contribution is -2.59. The molecule has 10 nitrogen and oxygen atoms in total. The fraction of sp³-hybridized carbons (Fsp3) is 0.560. The number of nitrogens with two attached hydrogens (primary N) is 1. The molecular formula is C25H34N4O6. The molecule has 2 aromatic rings. The number of carbonyl (C=O) groups excluding carboxylic acids is 1. The fourth-order valence-electron chi connectivity index (χ4n) is 4.86. The molecule has 3 heterocycles. The second kappa shape index (κ2) is 9.96. The summed E-state index contributed by atoms with van der Waals surface area (Å²) in [5, 5.41) is 11.0. The van der Waals surface area contributed by atoms with Crippen molar-refractivity contribution in [3.05, 3.63) is 62.4 Å². The Labute approximate surface area is 203 Å². The first-order valence-corrected chi connectivity index (χ1v) is 12.0. The Morgan fingerprint density at radius 1 is 1.26 bits per heavy atom. The molecule has 0 bridgehead atoms. The van der Waals surface area contributed by atoms with Gasteiger partial charge in [0.25, 0.3) is 11.5 Å². The van der Waals surface area contributed by atoms with E-state index < -0.39 is 28.5 Å². The summed E-state index contributed by atoms with van der Waals surface area (Å²) in [6, 6.07) is 6.54. The maximum atomic E-state index is 13.1. The van der Waals surface area contributed by atoms with Gasteiger partial charge in [-0.1, -0.05) is 0 Å². The topological polar surface area (TPSA) is 140 Å². The maximum absolute atomic E-state index is 13.1. The molecule has 0 radical (unpaired) electrons. The number of rotatable bonds is 6. The number of aliphatic hydroxyl groups is 1. The van der Waals surface area contributed by atoms with Crippen LogP contribution in [-0.4, -0.2) is 69.5 Å². The maximum Gasteiger partial charge on any atom is 0.328 e. The van der Waals surface area contributed by atoms with E-state index in [1.54, 1.807) is 43.0 Å². The fourth-order valence-corrected chi connectivity index (χ4v) is 4.86. The Morgan fingerprint density at radius 3 is 2.60 bits per heavy atom. The van der Waals surface area contributed by atoms with Gasteiger partial charge in [-0.05, 0) is 63.9 Å². The van der Waals surface area contributed by atoms with Crippen LogP contribution in [0, 0.1) is 6.92 Å². The van der Waals surface area contributed by atoms with E-state index in [2.05, 4.69) is 4.98 Å². The van der Waals surface area contributed by atoms with Gasteiger partial charge >= 0.3 is 5.69 Å². The van der Waals surface area contributed by atoms with Crippen LogP contribution in [0.4, 0.5) is 0 Å². The van der Waals surface area contributed by atoms with Crippen molar-refractivity contribution in [2.75, 3.05) is 32.8 Å². The first-order valence-electron chi connectivity index (χ1n) is 12.0. The molecule has 2 aliphatic heterocycles.